The third kappa shape index (κ3) is 1.67. The van der Waals surface area contributed by atoms with E-state index in [1.165, 1.54) is 5.39 Å². The van der Waals surface area contributed by atoms with Crippen molar-refractivity contribution < 1.29 is 9.47 Å². The molecule has 2 rings (SSSR count). The molecule has 0 saturated carbocycles. The topological polar surface area (TPSA) is 34.2 Å². The normalized spacial score (nSPS) is 10.7. The van der Waals surface area contributed by atoms with Crippen LogP contribution in [-0.2, 0) is 0 Å². The smallest absolute Gasteiger partial charge is 0.174 e. The van der Waals surface area contributed by atoms with E-state index in [0.29, 0.717) is 0 Å². The van der Waals surface area contributed by atoms with Crippen molar-refractivity contribution >= 4 is 33.5 Å². The molecule has 1 aromatic carbocycles. The van der Waals surface area contributed by atoms with Gasteiger partial charge in [-0.25, -0.2) is 0 Å². The summed E-state index contributed by atoms with van der Waals surface area (Å²) >= 11 is 2.28. The van der Waals surface area contributed by atoms with Crippen LogP contribution in [0.2, 0.25) is 0 Å². The van der Waals surface area contributed by atoms with Crippen molar-refractivity contribution in [2.75, 3.05) is 14.2 Å². The minimum atomic E-state index is 0.760. The van der Waals surface area contributed by atoms with Crippen LogP contribution in [-0.4, -0.2) is 19.2 Å². The van der Waals surface area contributed by atoms with E-state index in [-0.39, 0.29) is 0 Å². The summed E-state index contributed by atoms with van der Waals surface area (Å²) in [6.45, 7) is 2.04. The zero-order valence-electron chi connectivity index (χ0n) is 8.85. The van der Waals surface area contributed by atoms with Crippen LogP contribution in [0.4, 0.5) is 0 Å². The largest absolute Gasteiger partial charge is 0.493 e. The van der Waals surface area contributed by atoms with E-state index >= 15 is 0 Å². The van der Waals surface area contributed by atoms with Gasteiger partial charge in [-0.3, -0.25) is 0 Å². The van der Waals surface area contributed by atoms with Crippen molar-refractivity contribution in [1.29, 1.82) is 0 Å². The highest BCUT2D eigenvalue weighted by atomic mass is 127. The number of aryl methyl sites for hydroxylation is 1. The SMILES string of the molecule is COc1cc2[nH]c(C)cc2c(I)c1OC. The molecule has 1 heterocycles. The minimum absolute atomic E-state index is 0.760. The number of methoxy groups -OCH3 is 2. The van der Waals surface area contributed by atoms with E-state index in [2.05, 4.69) is 33.6 Å². The highest BCUT2D eigenvalue weighted by Gasteiger charge is 2.13. The molecule has 1 aromatic heterocycles. The lowest BCUT2D eigenvalue weighted by atomic mass is 10.2. The Kier molecular flexibility index (Phi) is 2.77. The lowest BCUT2D eigenvalue weighted by Gasteiger charge is -2.09. The van der Waals surface area contributed by atoms with Crippen LogP contribution < -0.4 is 9.47 Å². The molecule has 0 amide bonds. The van der Waals surface area contributed by atoms with Crippen molar-refractivity contribution in [2.45, 2.75) is 6.92 Å². The van der Waals surface area contributed by atoms with Gasteiger partial charge in [-0.1, -0.05) is 0 Å². The van der Waals surface area contributed by atoms with Gasteiger partial charge in [-0.2, -0.15) is 0 Å². The Balaban J connectivity index is 2.80. The number of halogens is 1. The van der Waals surface area contributed by atoms with E-state index in [9.17, 15) is 0 Å². The average Bonchev–Trinajstić information content (AvgIpc) is 2.59. The van der Waals surface area contributed by atoms with Gasteiger partial charge >= 0.3 is 0 Å². The van der Waals surface area contributed by atoms with Gasteiger partial charge in [0.25, 0.3) is 0 Å². The molecule has 80 valence electrons. The predicted octanol–water partition coefficient (Wildman–Crippen LogP) is 3.10. The maximum atomic E-state index is 5.34. The maximum Gasteiger partial charge on any atom is 0.174 e. The predicted molar refractivity (Wildman–Crippen MR) is 68.9 cm³/mol. The Morgan fingerprint density at radius 2 is 1.93 bits per heavy atom. The summed E-state index contributed by atoms with van der Waals surface area (Å²) in [4.78, 5) is 3.28. The number of hydrogen-bond donors (Lipinski definition) is 1. The molecular formula is C11H12INO2. The Morgan fingerprint density at radius 3 is 2.53 bits per heavy atom. The number of ether oxygens (including phenoxy) is 2. The summed E-state index contributed by atoms with van der Waals surface area (Å²) in [5.74, 6) is 1.56. The number of fused-ring (bicyclic) bond motifs is 1. The Hall–Kier alpha value is -0.910. The molecule has 0 fully saturated rings. The number of rotatable bonds is 2. The van der Waals surface area contributed by atoms with Gasteiger partial charge < -0.3 is 14.5 Å². The lowest BCUT2D eigenvalue weighted by molar-refractivity contribution is 0.354. The molecule has 0 aliphatic heterocycles. The fourth-order valence-electron chi connectivity index (χ4n) is 1.67. The fourth-order valence-corrected chi connectivity index (χ4v) is 2.61. The fraction of sp³-hybridized carbons (Fsp3) is 0.273. The molecule has 0 unspecified atom stereocenters. The van der Waals surface area contributed by atoms with Crippen LogP contribution in [0.15, 0.2) is 12.1 Å². The Morgan fingerprint density at radius 1 is 1.20 bits per heavy atom. The van der Waals surface area contributed by atoms with Gasteiger partial charge in [-0.05, 0) is 35.6 Å². The quantitative estimate of drug-likeness (QED) is 0.864. The first-order chi connectivity index (χ1) is 7.17. The van der Waals surface area contributed by atoms with Crippen molar-refractivity contribution in [3.8, 4) is 11.5 Å². The van der Waals surface area contributed by atoms with Crippen LogP contribution in [0.5, 0.6) is 11.5 Å². The number of aromatic nitrogens is 1. The van der Waals surface area contributed by atoms with Gasteiger partial charge in [0.2, 0.25) is 0 Å². The van der Waals surface area contributed by atoms with Gasteiger partial charge in [0.05, 0.1) is 23.3 Å². The van der Waals surface area contributed by atoms with Crippen LogP contribution in [0.3, 0.4) is 0 Å². The van der Waals surface area contributed by atoms with Gasteiger partial charge in [0.1, 0.15) is 0 Å². The Labute approximate surface area is 102 Å². The zero-order valence-corrected chi connectivity index (χ0v) is 11.0. The molecule has 1 N–H and O–H groups in total. The summed E-state index contributed by atoms with van der Waals surface area (Å²) in [6, 6.07) is 4.07. The van der Waals surface area contributed by atoms with Crippen molar-refractivity contribution in [1.82, 2.24) is 4.98 Å². The van der Waals surface area contributed by atoms with Crippen LogP contribution in [0.25, 0.3) is 10.9 Å². The Bertz CT molecular complexity index is 505. The summed E-state index contributed by atoms with van der Waals surface area (Å²) < 4.78 is 11.7. The van der Waals surface area contributed by atoms with E-state index in [4.69, 9.17) is 9.47 Å². The standard InChI is InChI=1S/C11H12INO2/c1-6-4-7-8(13-6)5-9(14-2)11(15-3)10(7)12/h4-5,13H,1-3H3. The third-order valence-electron chi connectivity index (χ3n) is 2.34. The first-order valence-electron chi connectivity index (χ1n) is 4.57. The molecule has 0 spiro atoms. The average molecular weight is 317 g/mol. The van der Waals surface area contributed by atoms with Crippen LogP contribution in [0, 0.1) is 10.5 Å². The first-order valence-corrected chi connectivity index (χ1v) is 5.65. The molecule has 15 heavy (non-hydrogen) atoms. The summed E-state index contributed by atoms with van der Waals surface area (Å²) in [6.07, 6.45) is 0. The lowest BCUT2D eigenvalue weighted by Crippen LogP contribution is -1.93. The maximum absolute atomic E-state index is 5.34. The molecule has 0 atom stereocenters. The highest BCUT2D eigenvalue weighted by Crippen LogP contribution is 2.38. The van der Waals surface area contributed by atoms with E-state index in [0.717, 1.165) is 26.3 Å². The second-order valence-electron chi connectivity index (χ2n) is 3.34. The van der Waals surface area contributed by atoms with E-state index < -0.39 is 0 Å². The monoisotopic (exact) mass is 317 g/mol. The van der Waals surface area contributed by atoms with Crippen molar-refractivity contribution in [2.24, 2.45) is 0 Å². The molecule has 2 aromatic rings. The van der Waals surface area contributed by atoms with Gasteiger partial charge in [0.15, 0.2) is 11.5 Å². The number of H-pyrrole nitrogens is 1. The van der Waals surface area contributed by atoms with E-state index in [1.807, 2.05) is 13.0 Å². The molecule has 4 heteroatoms. The molecular weight excluding hydrogens is 305 g/mol. The molecule has 0 bridgehead atoms. The van der Waals surface area contributed by atoms with E-state index in [1.54, 1.807) is 14.2 Å². The highest BCUT2D eigenvalue weighted by molar-refractivity contribution is 14.1. The van der Waals surface area contributed by atoms with Gasteiger partial charge in [0, 0.05) is 17.1 Å². The number of aromatic amines is 1. The number of hydrogen-bond acceptors (Lipinski definition) is 2. The third-order valence-corrected chi connectivity index (χ3v) is 3.41. The van der Waals surface area contributed by atoms with Crippen LogP contribution >= 0.6 is 22.6 Å². The summed E-state index contributed by atoms with van der Waals surface area (Å²) in [7, 11) is 3.31. The molecule has 0 aliphatic rings. The summed E-state index contributed by atoms with van der Waals surface area (Å²) in [5.41, 5.74) is 2.22. The zero-order chi connectivity index (χ0) is 11.0. The molecule has 0 aliphatic carbocycles. The molecule has 0 radical (unpaired) electrons. The second-order valence-corrected chi connectivity index (χ2v) is 4.42. The summed E-state index contributed by atoms with van der Waals surface area (Å²) in [5, 5.41) is 1.17. The number of benzene rings is 1. The minimum Gasteiger partial charge on any atom is -0.493 e. The first kappa shape index (κ1) is 10.6. The number of nitrogens with one attached hydrogen (secondary N) is 1. The molecule has 3 nitrogen and oxygen atoms in total. The van der Waals surface area contributed by atoms with Crippen molar-refractivity contribution in [3.63, 3.8) is 0 Å². The second kappa shape index (κ2) is 3.92. The molecule has 0 saturated heterocycles. The van der Waals surface area contributed by atoms with Crippen molar-refractivity contribution in [3.05, 3.63) is 21.4 Å². The van der Waals surface area contributed by atoms with Gasteiger partial charge in [-0.15, -0.1) is 0 Å². The van der Waals surface area contributed by atoms with Crippen LogP contribution in [0.1, 0.15) is 5.69 Å².